The molecule has 0 aliphatic carbocycles. The van der Waals surface area contributed by atoms with Crippen molar-refractivity contribution in [2.24, 2.45) is 0 Å². The van der Waals surface area contributed by atoms with Crippen LogP contribution in [0.5, 0.6) is 5.75 Å². The van der Waals surface area contributed by atoms with E-state index in [1.165, 1.54) is 0 Å². The van der Waals surface area contributed by atoms with Gasteiger partial charge < -0.3 is 14.6 Å². The van der Waals surface area contributed by atoms with Gasteiger partial charge in [-0.3, -0.25) is 9.78 Å². The van der Waals surface area contributed by atoms with E-state index >= 15 is 0 Å². The van der Waals surface area contributed by atoms with E-state index in [0.29, 0.717) is 22.6 Å². The Kier molecular flexibility index (Phi) is 4.79. The van der Waals surface area contributed by atoms with Crippen molar-refractivity contribution < 1.29 is 14.1 Å². The molecule has 1 unspecified atom stereocenters. The highest BCUT2D eigenvalue weighted by molar-refractivity contribution is 6.00. The van der Waals surface area contributed by atoms with Crippen LogP contribution in [0.3, 0.4) is 0 Å². The SMILES string of the molecule is COc1ccc(C(C)NC(=O)c2c(C)noc2-c2cccnc2)cc1. The summed E-state index contributed by atoms with van der Waals surface area (Å²) in [5, 5.41) is 6.92. The number of ether oxygens (including phenoxy) is 1. The Balaban J connectivity index is 1.82. The molecule has 1 atom stereocenters. The number of methoxy groups -OCH3 is 1. The second-order valence-corrected chi connectivity index (χ2v) is 5.68. The Morgan fingerprint density at radius 2 is 2.00 bits per heavy atom. The monoisotopic (exact) mass is 337 g/mol. The summed E-state index contributed by atoms with van der Waals surface area (Å²) in [6.45, 7) is 3.67. The van der Waals surface area contributed by atoms with Gasteiger partial charge >= 0.3 is 0 Å². The Morgan fingerprint density at radius 3 is 2.64 bits per heavy atom. The molecule has 0 saturated carbocycles. The Bertz CT molecular complexity index is 857. The lowest BCUT2D eigenvalue weighted by molar-refractivity contribution is 0.0939. The van der Waals surface area contributed by atoms with Gasteiger partial charge in [0.1, 0.15) is 11.3 Å². The van der Waals surface area contributed by atoms with Gasteiger partial charge in [-0.1, -0.05) is 17.3 Å². The van der Waals surface area contributed by atoms with Gasteiger partial charge in [0, 0.05) is 18.0 Å². The predicted octanol–water partition coefficient (Wildman–Crippen LogP) is 3.54. The minimum atomic E-state index is -0.235. The number of aromatic nitrogens is 2. The molecule has 6 nitrogen and oxygen atoms in total. The van der Waals surface area contributed by atoms with Crippen molar-refractivity contribution >= 4 is 5.91 Å². The first-order valence-corrected chi connectivity index (χ1v) is 7.91. The van der Waals surface area contributed by atoms with Crippen LogP contribution in [0, 0.1) is 6.92 Å². The number of carbonyl (C=O) groups excluding carboxylic acids is 1. The summed E-state index contributed by atoms with van der Waals surface area (Å²) in [5.41, 5.74) is 2.66. The topological polar surface area (TPSA) is 77.2 Å². The summed E-state index contributed by atoms with van der Waals surface area (Å²) in [4.78, 5) is 16.8. The number of hydrogen-bond acceptors (Lipinski definition) is 5. The van der Waals surface area contributed by atoms with Gasteiger partial charge in [-0.05, 0) is 43.7 Å². The van der Waals surface area contributed by atoms with Crippen LogP contribution in [-0.2, 0) is 0 Å². The molecular formula is C19H19N3O3. The second kappa shape index (κ2) is 7.17. The molecule has 0 aliphatic heterocycles. The normalized spacial score (nSPS) is 11.8. The molecule has 3 aromatic rings. The third-order valence-electron chi connectivity index (χ3n) is 3.98. The van der Waals surface area contributed by atoms with Crippen molar-refractivity contribution in [2.75, 3.05) is 7.11 Å². The minimum Gasteiger partial charge on any atom is -0.497 e. The van der Waals surface area contributed by atoms with Gasteiger partial charge in [-0.2, -0.15) is 0 Å². The molecule has 1 N–H and O–H groups in total. The molecule has 1 amide bonds. The number of hydrogen-bond donors (Lipinski definition) is 1. The third-order valence-corrected chi connectivity index (χ3v) is 3.98. The summed E-state index contributed by atoms with van der Waals surface area (Å²) >= 11 is 0. The predicted molar refractivity (Wildman–Crippen MR) is 93.3 cm³/mol. The fourth-order valence-corrected chi connectivity index (χ4v) is 2.58. The van der Waals surface area contributed by atoms with Gasteiger partial charge in [0.2, 0.25) is 0 Å². The molecule has 0 radical (unpaired) electrons. The molecule has 1 aromatic carbocycles. The quantitative estimate of drug-likeness (QED) is 0.770. The number of amides is 1. The number of nitrogens with zero attached hydrogens (tertiary/aromatic N) is 2. The number of aryl methyl sites for hydroxylation is 1. The highest BCUT2D eigenvalue weighted by Gasteiger charge is 2.23. The first-order valence-electron chi connectivity index (χ1n) is 7.91. The van der Waals surface area contributed by atoms with E-state index in [-0.39, 0.29) is 11.9 Å². The van der Waals surface area contributed by atoms with Crippen molar-refractivity contribution in [1.29, 1.82) is 0 Å². The lowest BCUT2D eigenvalue weighted by atomic mass is 10.1. The van der Waals surface area contributed by atoms with E-state index in [4.69, 9.17) is 9.26 Å². The van der Waals surface area contributed by atoms with Crippen LogP contribution in [0.4, 0.5) is 0 Å². The van der Waals surface area contributed by atoms with E-state index in [1.54, 1.807) is 32.5 Å². The highest BCUT2D eigenvalue weighted by atomic mass is 16.5. The maximum Gasteiger partial charge on any atom is 0.257 e. The molecule has 0 fully saturated rings. The summed E-state index contributed by atoms with van der Waals surface area (Å²) in [7, 11) is 1.62. The molecule has 6 heteroatoms. The molecule has 2 heterocycles. The molecule has 25 heavy (non-hydrogen) atoms. The number of rotatable bonds is 5. The third kappa shape index (κ3) is 3.52. The van der Waals surface area contributed by atoms with E-state index in [2.05, 4.69) is 15.5 Å². The van der Waals surface area contributed by atoms with E-state index in [9.17, 15) is 4.79 Å². The second-order valence-electron chi connectivity index (χ2n) is 5.68. The fraction of sp³-hybridized carbons (Fsp3) is 0.211. The van der Waals surface area contributed by atoms with E-state index in [0.717, 1.165) is 11.3 Å². The summed E-state index contributed by atoms with van der Waals surface area (Å²) in [6.07, 6.45) is 3.31. The van der Waals surface area contributed by atoms with Gasteiger partial charge in [-0.25, -0.2) is 0 Å². The van der Waals surface area contributed by atoms with Gasteiger partial charge in [0.05, 0.1) is 18.8 Å². The maximum atomic E-state index is 12.8. The van der Waals surface area contributed by atoms with Crippen molar-refractivity contribution in [3.63, 3.8) is 0 Å². The Morgan fingerprint density at radius 1 is 1.24 bits per heavy atom. The molecule has 3 rings (SSSR count). The van der Waals surface area contributed by atoms with E-state index < -0.39 is 0 Å². The lowest BCUT2D eigenvalue weighted by Crippen LogP contribution is -2.27. The smallest absolute Gasteiger partial charge is 0.257 e. The molecule has 0 aliphatic rings. The summed E-state index contributed by atoms with van der Waals surface area (Å²) in [5.74, 6) is 0.960. The average molecular weight is 337 g/mol. The average Bonchev–Trinajstić information content (AvgIpc) is 3.04. The van der Waals surface area contributed by atoms with Gasteiger partial charge in [0.15, 0.2) is 5.76 Å². The Hall–Kier alpha value is -3.15. The van der Waals surface area contributed by atoms with Gasteiger partial charge in [-0.15, -0.1) is 0 Å². The molecular weight excluding hydrogens is 318 g/mol. The molecule has 0 saturated heterocycles. The minimum absolute atomic E-state index is 0.172. The van der Waals surface area contributed by atoms with Crippen LogP contribution in [0.1, 0.15) is 34.6 Å². The van der Waals surface area contributed by atoms with Crippen molar-refractivity contribution in [1.82, 2.24) is 15.5 Å². The molecule has 2 aromatic heterocycles. The number of benzene rings is 1. The van der Waals surface area contributed by atoms with Crippen LogP contribution < -0.4 is 10.1 Å². The number of pyridine rings is 1. The van der Waals surface area contributed by atoms with E-state index in [1.807, 2.05) is 37.3 Å². The fourth-order valence-electron chi connectivity index (χ4n) is 2.58. The summed E-state index contributed by atoms with van der Waals surface area (Å²) < 4.78 is 10.5. The van der Waals surface area contributed by atoms with Gasteiger partial charge in [0.25, 0.3) is 5.91 Å². The highest BCUT2D eigenvalue weighted by Crippen LogP contribution is 2.26. The maximum absolute atomic E-state index is 12.8. The van der Waals surface area contributed by atoms with Crippen molar-refractivity contribution in [3.05, 3.63) is 65.6 Å². The lowest BCUT2D eigenvalue weighted by Gasteiger charge is -2.15. The zero-order chi connectivity index (χ0) is 17.8. The van der Waals surface area contributed by atoms with Crippen molar-refractivity contribution in [2.45, 2.75) is 19.9 Å². The molecule has 0 bridgehead atoms. The zero-order valence-electron chi connectivity index (χ0n) is 14.3. The standard InChI is InChI=1S/C19H19N3O3/c1-12(14-6-8-16(24-3)9-7-14)21-19(23)17-13(2)22-25-18(17)15-5-4-10-20-11-15/h4-12H,1-3H3,(H,21,23). The molecule has 0 spiro atoms. The number of carbonyl (C=O) groups is 1. The first-order chi connectivity index (χ1) is 12.1. The number of nitrogens with one attached hydrogen (secondary N) is 1. The van der Waals surface area contributed by atoms with Crippen LogP contribution in [0.2, 0.25) is 0 Å². The van der Waals surface area contributed by atoms with Crippen molar-refractivity contribution in [3.8, 4) is 17.1 Å². The van der Waals surface area contributed by atoms with Crippen LogP contribution in [0.25, 0.3) is 11.3 Å². The largest absolute Gasteiger partial charge is 0.497 e. The zero-order valence-corrected chi connectivity index (χ0v) is 14.3. The van der Waals surface area contributed by atoms with Crippen LogP contribution >= 0.6 is 0 Å². The summed E-state index contributed by atoms with van der Waals surface area (Å²) in [6, 6.07) is 11.0. The molecule has 128 valence electrons. The van der Waals surface area contributed by atoms with Crippen LogP contribution in [-0.4, -0.2) is 23.2 Å². The van der Waals surface area contributed by atoms with Crippen LogP contribution in [0.15, 0.2) is 53.3 Å². The first kappa shape index (κ1) is 16.7. The Labute approximate surface area is 145 Å².